The second-order valence-electron chi connectivity index (χ2n) is 4.29. The van der Waals surface area contributed by atoms with Crippen LogP contribution in [0.1, 0.15) is 18.7 Å². The van der Waals surface area contributed by atoms with Crippen LogP contribution >= 0.6 is 22.9 Å². The van der Waals surface area contributed by atoms with Crippen LogP contribution in [0.15, 0.2) is 24.4 Å². The minimum Gasteiger partial charge on any atom is -0.310 e. The van der Waals surface area contributed by atoms with E-state index < -0.39 is 0 Å². The van der Waals surface area contributed by atoms with Gasteiger partial charge in [0.15, 0.2) is 0 Å². The van der Waals surface area contributed by atoms with E-state index in [2.05, 4.69) is 24.1 Å². The van der Waals surface area contributed by atoms with Crippen molar-refractivity contribution in [2.45, 2.75) is 26.4 Å². The number of hydrogen-bond acceptors (Lipinski definition) is 3. The van der Waals surface area contributed by atoms with Crippen LogP contribution in [0.5, 0.6) is 0 Å². The summed E-state index contributed by atoms with van der Waals surface area (Å²) in [5.41, 5.74) is 0.500. The van der Waals surface area contributed by atoms with Crippen molar-refractivity contribution in [3.8, 4) is 10.6 Å². The summed E-state index contributed by atoms with van der Waals surface area (Å²) in [6.45, 7) is 4.92. The fourth-order valence-corrected chi connectivity index (χ4v) is 2.53. The number of hydrogen-bond donors (Lipinski definition) is 1. The Morgan fingerprint density at radius 1 is 1.44 bits per heavy atom. The largest absolute Gasteiger partial charge is 0.310 e. The van der Waals surface area contributed by atoms with Gasteiger partial charge < -0.3 is 5.32 Å². The Morgan fingerprint density at radius 2 is 2.22 bits per heavy atom. The molecular formula is C13H14ClFN2S. The average molecular weight is 285 g/mol. The molecule has 0 radical (unpaired) electrons. The van der Waals surface area contributed by atoms with Crippen LogP contribution < -0.4 is 5.32 Å². The number of halogens is 2. The van der Waals surface area contributed by atoms with E-state index in [1.54, 1.807) is 18.3 Å². The van der Waals surface area contributed by atoms with Crippen LogP contribution in [-0.2, 0) is 6.54 Å². The Hall–Kier alpha value is -0.970. The molecular weight excluding hydrogens is 271 g/mol. The number of benzene rings is 1. The van der Waals surface area contributed by atoms with Crippen molar-refractivity contribution >= 4 is 22.9 Å². The van der Waals surface area contributed by atoms with E-state index in [1.165, 1.54) is 17.4 Å². The van der Waals surface area contributed by atoms with Crippen LogP contribution in [-0.4, -0.2) is 11.0 Å². The van der Waals surface area contributed by atoms with Crippen molar-refractivity contribution in [3.63, 3.8) is 0 Å². The number of nitrogens with one attached hydrogen (secondary N) is 1. The van der Waals surface area contributed by atoms with Gasteiger partial charge in [-0.25, -0.2) is 9.37 Å². The summed E-state index contributed by atoms with van der Waals surface area (Å²) in [6.07, 6.45) is 1.78. The summed E-state index contributed by atoms with van der Waals surface area (Å²) in [5.74, 6) is -0.333. The molecule has 1 aromatic carbocycles. The minimum absolute atomic E-state index is 0.333. The molecule has 0 aliphatic rings. The number of nitrogens with zero attached hydrogens (tertiary/aromatic N) is 1. The van der Waals surface area contributed by atoms with Gasteiger partial charge in [-0.15, -0.1) is 11.3 Å². The van der Waals surface area contributed by atoms with E-state index in [1.807, 2.05) is 0 Å². The molecule has 0 aliphatic carbocycles. The van der Waals surface area contributed by atoms with Gasteiger partial charge in [-0.1, -0.05) is 25.4 Å². The lowest BCUT2D eigenvalue weighted by molar-refractivity contribution is 0.593. The molecule has 0 saturated carbocycles. The second kappa shape index (κ2) is 5.78. The fraction of sp³-hybridized carbons (Fsp3) is 0.308. The highest BCUT2D eigenvalue weighted by Crippen LogP contribution is 2.29. The van der Waals surface area contributed by atoms with Crippen LogP contribution in [0.3, 0.4) is 0 Å². The number of rotatable bonds is 4. The summed E-state index contributed by atoms with van der Waals surface area (Å²) in [6, 6.07) is 5.07. The number of thiazole rings is 1. The van der Waals surface area contributed by atoms with Crippen LogP contribution in [0.25, 0.3) is 10.6 Å². The lowest BCUT2D eigenvalue weighted by Crippen LogP contribution is -2.21. The Kier molecular flexibility index (Phi) is 4.32. The van der Waals surface area contributed by atoms with Gasteiger partial charge in [0.25, 0.3) is 0 Å². The summed E-state index contributed by atoms with van der Waals surface area (Å²) < 4.78 is 13.7. The van der Waals surface area contributed by atoms with E-state index in [0.29, 0.717) is 21.6 Å². The van der Waals surface area contributed by atoms with Crippen LogP contribution in [0.4, 0.5) is 4.39 Å². The third-order valence-electron chi connectivity index (χ3n) is 2.40. The van der Waals surface area contributed by atoms with Gasteiger partial charge in [0.1, 0.15) is 10.8 Å². The molecule has 96 valence electrons. The summed E-state index contributed by atoms with van der Waals surface area (Å²) in [4.78, 5) is 5.34. The van der Waals surface area contributed by atoms with Crippen molar-refractivity contribution < 1.29 is 4.39 Å². The summed E-state index contributed by atoms with van der Waals surface area (Å²) >= 11 is 7.22. The first-order valence-corrected chi connectivity index (χ1v) is 6.89. The maximum Gasteiger partial charge on any atom is 0.134 e. The zero-order chi connectivity index (χ0) is 13.1. The highest BCUT2D eigenvalue weighted by molar-refractivity contribution is 7.15. The van der Waals surface area contributed by atoms with Crippen molar-refractivity contribution in [3.05, 3.63) is 40.1 Å². The van der Waals surface area contributed by atoms with Crippen LogP contribution in [0, 0.1) is 5.82 Å². The second-order valence-corrected chi connectivity index (χ2v) is 5.84. The molecule has 1 N–H and O–H groups in total. The van der Waals surface area contributed by atoms with Gasteiger partial charge in [0, 0.05) is 34.2 Å². The molecule has 0 aliphatic heterocycles. The molecule has 0 unspecified atom stereocenters. The molecule has 2 nitrogen and oxygen atoms in total. The Morgan fingerprint density at radius 3 is 2.89 bits per heavy atom. The van der Waals surface area contributed by atoms with Crippen molar-refractivity contribution in [1.82, 2.24) is 10.3 Å². The predicted octanol–water partition coefficient (Wildman–Crippen LogP) is 4.10. The molecule has 1 aromatic heterocycles. The smallest absolute Gasteiger partial charge is 0.134 e. The standard InChI is InChI=1S/C13H14ClFN2S/c1-8(2)16-6-10-7-17-13(18-10)11-4-3-9(14)5-12(11)15/h3-5,7-8,16H,6H2,1-2H3. The van der Waals surface area contributed by atoms with Crippen molar-refractivity contribution in [2.24, 2.45) is 0 Å². The lowest BCUT2D eigenvalue weighted by Gasteiger charge is -2.04. The molecule has 0 spiro atoms. The first-order chi connectivity index (χ1) is 8.56. The van der Waals surface area contributed by atoms with Crippen molar-refractivity contribution in [2.75, 3.05) is 0 Å². The molecule has 5 heteroatoms. The maximum atomic E-state index is 13.7. The molecule has 0 atom stereocenters. The van der Waals surface area contributed by atoms with Gasteiger partial charge in [-0.2, -0.15) is 0 Å². The van der Waals surface area contributed by atoms with Gasteiger partial charge in [-0.3, -0.25) is 0 Å². The molecule has 1 heterocycles. The van der Waals surface area contributed by atoms with Crippen molar-refractivity contribution in [1.29, 1.82) is 0 Å². The Labute approximate surface area is 115 Å². The molecule has 0 bridgehead atoms. The van der Waals surface area contributed by atoms with E-state index in [4.69, 9.17) is 11.6 Å². The third-order valence-corrected chi connectivity index (χ3v) is 3.67. The average Bonchev–Trinajstić information content (AvgIpc) is 2.75. The summed E-state index contributed by atoms with van der Waals surface area (Å²) in [5, 5.41) is 4.39. The topological polar surface area (TPSA) is 24.9 Å². The van der Waals surface area contributed by atoms with Gasteiger partial charge in [-0.05, 0) is 18.2 Å². The number of aromatic nitrogens is 1. The molecule has 2 aromatic rings. The molecule has 0 fully saturated rings. The third kappa shape index (κ3) is 3.28. The Balaban J connectivity index is 2.18. The first-order valence-electron chi connectivity index (χ1n) is 5.70. The zero-order valence-corrected chi connectivity index (χ0v) is 11.8. The summed E-state index contributed by atoms with van der Waals surface area (Å²) in [7, 11) is 0. The minimum atomic E-state index is -0.333. The molecule has 0 amide bonds. The van der Waals surface area contributed by atoms with E-state index in [0.717, 1.165) is 11.4 Å². The lowest BCUT2D eigenvalue weighted by atomic mass is 10.2. The first kappa shape index (κ1) is 13.5. The molecule has 0 saturated heterocycles. The zero-order valence-electron chi connectivity index (χ0n) is 10.2. The highest BCUT2D eigenvalue weighted by atomic mass is 35.5. The maximum absolute atomic E-state index is 13.7. The van der Waals surface area contributed by atoms with E-state index >= 15 is 0 Å². The van der Waals surface area contributed by atoms with E-state index in [9.17, 15) is 4.39 Å². The predicted molar refractivity (Wildman–Crippen MR) is 74.5 cm³/mol. The Bertz CT molecular complexity index is 540. The monoisotopic (exact) mass is 284 g/mol. The normalized spacial score (nSPS) is 11.2. The van der Waals surface area contributed by atoms with Gasteiger partial charge in [0.05, 0.1) is 0 Å². The van der Waals surface area contributed by atoms with Gasteiger partial charge >= 0.3 is 0 Å². The van der Waals surface area contributed by atoms with Crippen LogP contribution in [0.2, 0.25) is 5.02 Å². The molecule has 18 heavy (non-hydrogen) atoms. The SMILES string of the molecule is CC(C)NCc1cnc(-c2ccc(Cl)cc2F)s1. The quantitative estimate of drug-likeness (QED) is 0.914. The fourth-order valence-electron chi connectivity index (χ4n) is 1.48. The molecule has 2 rings (SSSR count). The highest BCUT2D eigenvalue weighted by Gasteiger charge is 2.10. The van der Waals surface area contributed by atoms with Gasteiger partial charge in [0.2, 0.25) is 0 Å². The van der Waals surface area contributed by atoms with E-state index in [-0.39, 0.29) is 5.82 Å².